The number of para-hydroxylation sites is 2. The normalized spacial score (nSPS) is 16.5. The van der Waals surface area contributed by atoms with E-state index in [4.69, 9.17) is 0 Å². The first kappa shape index (κ1) is 21.3. The summed E-state index contributed by atoms with van der Waals surface area (Å²) in [6.45, 7) is 1.68. The third kappa shape index (κ3) is 5.09. The Balaban J connectivity index is 1.13. The van der Waals surface area contributed by atoms with E-state index < -0.39 is 0 Å². The lowest BCUT2D eigenvalue weighted by atomic mass is 10.1. The second kappa shape index (κ2) is 9.50. The van der Waals surface area contributed by atoms with Crippen LogP contribution < -0.4 is 5.32 Å². The third-order valence-corrected chi connectivity index (χ3v) is 5.96. The van der Waals surface area contributed by atoms with Crippen molar-refractivity contribution < 1.29 is 9.18 Å². The molecular weight excluding hydrogens is 421 g/mol. The number of benzene rings is 2. The van der Waals surface area contributed by atoms with Crippen LogP contribution in [-0.4, -0.2) is 55.6 Å². The van der Waals surface area contributed by atoms with Crippen LogP contribution in [0.1, 0.15) is 41.9 Å². The average Bonchev–Trinajstić information content (AvgIpc) is 3.54. The van der Waals surface area contributed by atoms with Crippen LogP contribution in [0, 0.1) is 5.82 Å². The highest BCUT2D eigenvalue weighted by molar-refractivity contribution is 5.78. The van der Waals surface area contributed by atoms with Crippen molar-refractivity contribution in [1.29, 1.82) is 0 Å². The number of hydrogen-bond acceptors (Lipinski definition) is 5. The monoisotopic (exact) mass is 447 g/mol. The van der Waals surface area contributed by atoms with E-state index in [1.54, 1.807) is 12.1 Å². The molecule has 3 N–H and O–H groups in total. The second-order valence-corrected chi connectivity index (χ2v) is 8.37. The maximum atomic E-state index is 13.1. The molecule has 1 aliphatic rings. The van der Waals surface area contributed by atoms with Crippen LogP contribution in [0.25, 0.3) is 11.0 Å². The Morgan fingerprint density at radius 2 is 1.97 bits per heavy atom. The van der Waals surface area contributed by atoms with Gasteiger partial charge in [0, 0.05) is 19.4 Å². The number of likely N-dealkylation sites (tertiary alicyclic amines) is 1. The highest BCUT2D eigenvalue weighted by Crippen LogP contribution is 2.29. The van der Waals surface area contributed by atoms with Gasteiger partial charge in [0.2, 0.25) is 5.91 Å². The van der Waals surface area contributed by atoms with E-state index in [0.29, 0.717) is 31.8 Å². The first-order valence-electron chi connectivity index (χ1n) is 11.2. The minimum atomic E-state index is -0.255. The summed E-state index contributed by atoms with van der Waals surface area (Å²) in [4.78, 5) is 27.1. The van der Waals surface area contributed by atoms with Crippen molar-refractivity contribution in [2.75, 3.05) is 19.6 Å². The van der Waals surface area contributed by atoms with Gasteiger partial charge in [-0.3, -0.25) is 14.8 Å². The molecule has 2 aromatic carbocycles. The van der Waals surface area contributed by atoms with E-state index in [1.165, 1.54) is 12.1 Å². The molecule has 1 aliphatic heterocycles. The Morgan fingerprint density at radius 3 is 2.82 bits per heavy atom. The number of fused-ring (bicyclic) bond motifs is 1. The molecule has 3 heterocycles. The summed E-state index contributed by atoms with van der Waals surface area (Å²) in [5.41, 5.74) is 2.90. The fourth-order valence-corrected chi connectivity index (χ4v) is 4.33. The smallest absolute Gasteiger partial charge is 0.234 e. The zero-order valence-corrected chi connectivity index (χ0v) is 18.2. The third-order valence-electron chi connectivity index (χ3n) is 5.96. The van der Waals surface area contributed by atoms with Crippen molar-refractivity contribution in [3.63, 3.8) is 0 Å². The van der Waals surface area contributed by atoms with E-state index in [-0.39, 0.29) is 17.8 Å². The van der Waals surface area contributed by atoms with Crippen LogP contribution in [0.15, 0.2) is 48.5 Å². The lowest BCUT2D eigenvalue weighted by Crippen LogP contribution is -2.38. The molecule has 0 radical (unpaired) electrons. The van der Waals surface area contributed by atoms with Gasteiger partial charge in [0.05, 0.1) is 23.6 Å². The largest absolute Gasteiger partial charge is 0.355 e. The van der Waals surface area contributed by atoms with Gasteiger partial charge in [0.15, 0.2) is 5.82 Å². The molecule has 4 aromatic rings. The van der Waals surface area contributed by atoms with E-state index >= 15 is 0 Å². The molecule has 0 saturated carbocycles. The lowest BCUT2D eigenvalue weighted by molar-refractivity contribution is -0.122. The fourth-order valence-electron chi connectivity index (χ4n) is 4.33. The Morgan fingerprint density at radius 1 is 1.12 bits per heavy atom. The van der Waals surface area contributed by atoms with Crippen LogP contribution in [0.3, 0.4) is 0 Å². The van der Waals surface area contributed by atoms with Gasteiger partial charge < -0.3 is 10.3 Å². The number of aromatic nitrogens is 5. The molecule has 33 heavy (non-hydrogen) atoms. The molecule has 9 heteroatoms. The molecule has 0 unspecified atom stereocenters. The molecule has 2 aromatic heterocycles. The highest BCUT2D eigenvalue weighted by Gasteiger charge is 2.30. The van der Waals surface area contributed by atoms with Crippen LogP contribution in [0.2, 0.25) is 0 Å². The minimum absolute atomic E-state index is 0.0138. The van der Waals surface area contributed by atoms with Crippen molar-refractivity contribution in [2.24, 2.45) is 0 Å². The summed E-state index contributed by atoms with van der Waals surface area (Å²) in [7, 11) is 0. The van der Waals surface area contributed by atoms with Crippen molar-refractivity contribution in [3.05, 3.63) is 77.4 Å². The standard InChI is InChI=1S/C24H26FN7O/c25-17-9-7-16(8-10-17)14-22-29-24(31-30-22)20-6-3-13-32(20)15-23(33)26-12-11-21-27-18-4-1-2-5-19(18)28-21/h1-2,4-5,7-10,20H,3,6,11-15H2,(H,26,33)(H,27,28)(H,29,30,31)/t20-/m1/s1. The van der Waals surface area contributed by atoms with Gasteiger partial charge in [-0.15, -0.1) is 0 Å². The fraction of sp³-hybridized carbons (Fsp3) is 0.333. The molecule has 5 rings (SSSR count). The predicted molar refractivity (Wildman–Crippen MR) is 122 cm³/mol. The minimum Gasteiger partial charge on any atom is -0.355 e. The number of amides is 1. The number of carbonyl (C=O) groups excluding carboxylic acids is 1. The Kier molecular flexibility index (Phi) is 6.12. The maximum absolute atomic E-state index is 13.1. The molecule has 0 aliphatic carbocycles. The maximum Gasteiger partial charge on any atom is 0.234 e. The molecule has 1 fully saturated rings. The Labute approximate surface area is 190 Å². The van der Waals surface area contributed by atoms with Gasteiger partial charge in [-0.1, -0.05) is 24.3 Å². The molecular formula is C24H26FN7O. The molecule has 8 nitrogen and oxygen atoms in total. The molecule has 0 bridgehead atoms. The number of H-pyrrole nitrogens is 2. The molecule has 1 atom stereocenters. The lowest BCUT2D eigenvalue weighted by Gasteiger charge is -2.21. The summed E-state index contributed by atoms with van der Waals surface area (Å²) in [5.74, 6) is 2.04. The summed E-state index contributed by atoms with van der Waals surface area (Å²) < 4.78 is 13.1. The second-order valence-electron chi connectivity index (χ2n) is 8.37. The van der Waals surface area contributed by atoms with E-state index in [9.17, 15) is 9.18 Å². The summed E-state index contributed by atoms with van der Waals surface area (Å²) in [5, 5.41) is 10.4. The van der Waals surface area contributed by atoms with E-state index in [1.807, 2.05) is 24.3 Å². The van der Waals surface area contributed by atoms with Crippen molar-refractivity contribution in [3.8, 4) is 0 Å². The quantitative estimate of drug-likeness (QED) is 0.385. The predicted octanol–water partition coefficient (Wildman–Crippen LogP) is 2.91. The first-order valence-corrected chi connectivity index (χ1v) is 11.2. The van der Waals surface area contributed by atoms with Crippen LogP contribution in [-0.2, 0) is 17.6 Å². The van der Waals surface area contributed by atoms with Crippen molar-refractivity contribution in [1.82, 2.24) is 35.4 Å². The SMILES string of the molecule is O=C(CN1CCC[C@@H]1c1n[nH]c(Cc2ccc(F)cc2)n1)NCCc1nc2ccccc2[nH]1. The number of hydrogen-bond donors (Lipinski definition) is 3. The number of halogens is 1. The van der Waals surface area contributed by atoms with E-state index in [2.05, 4.69) is 35.4 Å². The van der Waals surface area contributed by atoms with Crippen LogP contribution >= 0.6 is 0 Å². The number of carbonyl (C=O) groups is 1. The van der Waals surface area contributed by atoms with Crippen LogP contribution in [0.4, 0.5) is 4.39 Å². The van der Waals surface area contributed by atoms with Gasteiger partial charge in [0.1, 0.15) is 17.5 Å². The Bertz CT molecular complexity index is 1200. The molecule has 1 amide bonds. The van der Waals surface area contributed by atoms with Gasteiger partial charge in [0.25, 0.3) is 0 Å². The number of imidazole rings is 1. The Hall–Kier alpha value is -3.59. The van der Waals surface area contributed by atoms with Crippen LogP contribution in [0.5, 0.6) is 0 Å². The average molecular weight is 448 g/mol. The number of nitrogens with one attached hydrogen (secondary N) is 3. The first-order chi connectivity index (χ1) is 16.1. The number of rotatable bonds is 8. The highest BCUT2D eigenvalue weighted by atomic mass is 19.1. The van der Waals surface area contributed by atoms with Crippen molar-refractivity contribution >= 4 is 16.9 Å². The summed E-state index contributed by atoms with van der Waals surface area (Å²) >= 11 is 0. The van der Waals surface area contributed by atoms with E-state index in [0.717, 1.165) is 47.6 Å². The number of nitrogens with zero attached hydrogens (tertiary/aromatic N) is 4. The summed E-state index contributed by atoms with van der Waals surface area (Å²) in [6, 6.07) is 14.3. The topological polar surface area (TPSA) is 103 Å². The van der Waals surface area contributed by atoms with Gasteiger partial charge in [-0.25, -0.2) is 14.4 Å². The van der Waals surface area contributed by atoms with Gasteiger partial charge in [-0.05, 0) is 49.2 Å². The molecule has 170 valence electrons. The zero-order valence-electron chi connectivity index (χ0n) is 18.2. The summed E-state index contributed by atoms with van der Waals surface area (Å²) in [6.07, 6.45) is 3.12. The zero-order chi connectivity index (χ0) is 22.6. The van der Waals surface area contributed by atoms with Gasteiger partial charge >= 0.3 is 0 Å². The number of aromatic amines is 2. The van der Waals surface area contributed by atoms with Crippen molar-refractivity contribution in [2.45, 2.75) is 31.7 Å². The molecule has 1 saturated heterocycles. The van der Waals surface area contributed by atoms with Gasteiger partial charge in [-0.2, -0.15) is 5.10 Å². The molecule has 0 spiro atoms.